The number of aryl methyl sites for hydroxylation is 1. The summed E-state index contributed by atoms with van der Waals surface area (Å²) >= 11 is 7.63. The minimum absolute atomic E-state index is 0.503. The molecule has 0 atom stereocenters. The zero-order valence-electron chi connectivity index (χ0n) is 10.3. The average Bonchev–Trinajstić information content (AvgIpc) is 2.97. The summed E-state index contributed by atoms with van der Waals surface area (Å²) in [7, 11) is 0. The van der Waals surface area contributed by atoms with Gasteiger partial charge in [0.1, 0.15) is 0 Å². The van der Waals surface area contributed by atoms with E-state index in [1.165, 1.54) is 4.88 Å². The minimum Gasteiger partial charge on any atom is -0.382 e. The quantitative estimate of drug-likeness (QED) is 0.737. The molecule has 0 amide bonds. The van der Waals surface area contributed by atoms with E-state index in [1.807, 2.05) is 24.3 Å². The topological polar surface area (TPSA) is 54.7 Å². The summed E-state index contributed by atoms with van der Waals surface area (Å²) < 4.78 is 0. The van der Waals surface area contributed by atoms with E-state index in [-0.39, 0.29) is 0 Å². The van der Waals surface area contributed by atoms with Crippen LogP contribution < -0.4 is 5.73 Å². The van der Waals surface area contributed by atoms with Gasteiger partial charge in [0.25, 0.3) is 0 Å². The molecule has 5 heteroatoms. The predicted octanol–water partition coefficient (Wildman–Crippen LogP) is 4.35. The van der Waals surface area contributed by atoms with Crippen molar-refractivity contribution >= 4 is 28.8 Å². The SMILES string of the molecule is Cc1ccc(-c2[nH]nc(N)c2-c2ccc(Cl)cc2)s1. The molecule has 0 aliphatic heterocycles. The van der Waals surface area contributed by atoms with Gasteiger partial charge in [-0.3, -0.25) is 5.10 Å². The van der Waals surface area contributed by atoms with E-state index in [1.54, 1.807) is 11.3 Å². The highest BCUT2D eigenvalue weighted by atomic mass is 35.5. The number of nitrogens with one attached hydrogen (secondary N) is 1. The van der Waals surface area contributed by atoms with Crippen molar-refractivity contribution in [1.29, 1.82) is 0 Å². The van der Waals surface area contributed by atoms with E-state index < -0.39 is 0 Å². The van der Waals surface area contributed by atoms with Crippen LogP contribution in [-0.4, -0.2) is 10.2 Å². The van der Waals surface area contributed by atoms with Gasteiger partial charge in [0.15, 0.2) is 5.82 Å². The first kappa shape index (κ1) is 12.3. The molecule has 0 saturated heterocycles. The summed E-state index contributed by atoms with van der Waals surface area (Å²) in [6, 6.07) is 11.8. The molecule has 2 aromatic heterocycles. The van der Waals surface area contributed by atoms with Crippen molar-refractivity contribution in [2.45, 2.75) is 6.92 Å². The highest BCUT2D eigenvalue weighted by Gasteiger charge is 2.15. The number of aromatic amines is 1. The third kappa shape index (κ3) is 2.25. The third-order valence-electron chi connectivity index (χ3n) is 2.91. The summed E-state index contributed by atoms with van der Waals surface area (Å²) in [5.74, 6) is 0.503. The van der Waals surface area contributed by atoms with Crippen LogP contribution in [0.1, 0.15) is 4.88 Å². The number of benzene rings is 1. The zero-order chi connectivity index (χ0) is 13.4. The van der Waals surface area contributed by atoms with Crippen LogP contribution in [0.3, 0.4) is 0 Å². The first-order valence-corrected chi connectivity index (χ1v) is 7.01. The largest absolute Gasteiger partial charge is 0.382 e. The lowest BCUT2D eigenvalue weighted by molar-refractivity contribution is 1.11. The number of H-pyrrole nitrogens is 1. The molecule has 0 aliphatic carbocycles. The molecule has 3 N–H and O–H groups in total. The molecule has 0 fully saturated rings. The molecule has 2 heterocycles. The molecule has 3 nitrogen and oxygen atoms in total. The Labute approximate surface area is 120 Å². The maximum atomic E-state index is 5.98. The summed E-state index contributed by atoms with van der Waals surface area (Å²) in [4.78, 5) is 2.39. The van der Waals surface area contributed by atoms with E-state index in [0.717, 1.165) is 21.7 Å². The van der Waals surface area contributed by atoms with Crippen molar-refractivity contribution in [3.63, 3.8) is 0 Å². The average molecular weight is 290 g/mol. The molecule has 19 heavy (non-hydrogen) atoms. The fraction of sp³-hybridized carbons (Fsp3) is 0.0714. The number of thiophene rings is 1. The Hall–Kier alpha value is -1.78. The standard InChI is InChI=1S/C14H12ClN3S/c1-8-2-7-11(19-8)13-12(14(16)18-17-13)9-3-5-10(15)6-4-9/h2-7H,1H3,(H3,16,17,18). The molecule has 0 bridgehead atoms. The summed E-state index contributed by atoms with van der Waals surface area (Å²) in [6.45, 7) is 2.08. The van der Waals surface area contributed by atoms with Crippen LogP contribution in [0.15, 0.2) is 36.4 Å². The molecule has 0 radical (unpaired) electrons. The van der Waals surface area contributed by atoms with Gasteiger partial charge < -0.3 is 5.73 Å². The Balaban J connectivity index is 2.16. The van der Waals surface area contributed by atoms with Crippen LogP contribution in [0.5, 0.6) is 0 Å². The van der Waals surface area contributed by atoms with Crippen molar-refractivity contribution in [1.82, 2.24) is 10.2 Å². The summed E-state index contributed by atoms with van der Waals surface area (Å²) in [6.07, 6.45) is 0. The van der Waals surface area contributed by atoms with Gasteiger partial charge in [-0.15, -0.1) is 11.3 Å². The molecule has 1 aromatic carbocycles. The number of nitrogen functional groups attached to an aromatic ring is 1. The first-order valence-electron chi connectivity index (χ1n) is 5.82. The first-order chi connectivity index (χ1) is 9.15. The molecule has 0 spiro atoms. The Morgan fingerprint density at radius 3 is 2.53 bits per heavy atom. The fourth-order valence-corrected chi connectivity index (χ4v) is 3.01. The Bertz CT molecular complexity index is 713. The molecular formula is C14H12ClN3S. The number of hydrogen-bond donors (Lipinski definition) is 2. The van der Waals surface area contributed by atoms with Gasteiger partial charge in [-0.2, -0.15) is 5.10 Å². The molecule has 3 rings (SSSR count). The third-order valence-corrected chi connectivity index (χ3v) is 4.18. The van der Waals surface area contributed by atoms with E-state index in [2.05, 4.69) is 29.3 Å². The molecule has 0 unspecified atom stereocenters. The number of rotatable bonds is 2. The van der Waals surface area contributed by atoms with E-state index in [9.17, 15) is 0 Å². The zero-order valence-corrected chi connectivity index (χ0v) is 11.8. The predicted molar refractivity (Wildman–Crippen MR) is 81.5 cm³/mol. The lowest BCUT2D eigenvalue weighted by Gasteiger charge is -2.03. The second-order valence-corrected chi connectivity index (χ2v) is 6.00. The maximum absolute atomic E-state index is 5.98. The van der Waals surface area contributed by atoms with Crippen molar-refractivity contribution in [2.75, 3.05) is 5.73 Å². The molecule has 0 saturated carbocycles. The van der Waals surface area contributed by atoms with Crippen molar-refractivity contribution < 1.29 is 0 Å². The summed E-state index contributed by atoms with van der Waals surface area (Å²) in [5, 5.41) is 7.85. The number of aromatic nitrogens is 2. The van der Waals surface area contributed by atoms with Gasteiger partial charge in [-0.25, -0.2) is 0 Å². The van der Waals surface area contributed by atoms with Crippen LogP contribution in [0, 0.1) is 6.92 Å². The number of anilines is 1. The Kier molecular flexibility index (Phi) is 3.05. The minimum atomic E-state index is 0.503. The molecule has 96 valence electrons. The highest BCUT2D eigenvalue weighted by Crippen LogP contribution is 2.37. The van der Waals surface area contributed by atoms with Crippen molar-refractivity contribution in [3.8, 4) is 21.7 Å². The van der Waals surface area contributed by atoms with Crippen LogP contribution in [0.2, 0.25) is 5.02 Å². The number of hydrogen-bond acceptors (Lipinski definition) is 3. The highest BCUT2D eigenvalue weighted by molar-refractivity contribution is 7.15. The van der Waals surface area contributed by atoms with Crippen LogP contribution in [0.25, 0.3) is 21.7 Å². The van der Waals surface area contributed by atoms with E-state index in [4.69, 9.17) is 17.3 Å². The van der Waals surface area contributed by atoms with Gasteiger partial charge in [0.2, 0.25) is 0 Å². The molecule has 3 aromatic rings. The van der Waals surface area contributed by atoms with Crippen LogP contribution in [-0.2, 0) is 0 Å². The normalized spacial score (nSPS) is 10.8. The number of nitrogens with zero attached hydrogens (tertiary/aromatic N) is 1. The van der Waals surface area contributed by atoms with Crippen molar-refractivity contribution in [2.24, 2.45) is 0 Å². The van der Waals surface area contributed by atoms with Crippen molar-refractivity contribution in [3.05, 3.63) is 46.3 Å². The lowest BCUT2D eigenvalue weighted by atomic mass is 10.0. The maximum Gasteiger partial charge on any atom is 0.153 e. The molecular weight excluding hydrogens is 278 g/mol. The van der Waals surface area contributed by atoms with Gasteiger partial charge in [-0.05, 0) is 36.8 Å². The Morgan fingerprint density at radius 1 is 1.16 bits per heavy atom. The smallest absolute Gasteiger partial charge is 0.153 e. The van der Waals surface area contributed by atoms with Crippen LogP contribution >= 0.6 is 22.9 Å². The fourth-order valence-electron chi connectivity index (χ4n) is 2.01. The number of nitrogens with two attached hydrogens (primary N) is 1. The van der Waals surface area contributed by atoms with Gasteiger partial charge in [0, 0.05) is 9.90 Å². The summed E-state index contributed by atoms with van der Waals surface area (Å²) in [5.41, 5.74) is 8.88. The number of halogens is 1. The van der Waals surface area contributed by atoms with E-state index >= 15 is 0 Å². The van der Waals surface area contributed by atoms with Gasteiger partial charge >= 0.3 is 0 Å². The van der Waals surface area contributed by atoms with Gasteiger partial charge in [-0.1, -0.05) is 23.7 Å². The second-order valence-electron chi connectivity index (χ2n) is 4.28. The second kappa shape index (κ2) is 4.72. The lowest BCUT2D eigenvalue weighted by Crippen LogP contribution is -1.88. The van der Waals surface area contributed by atoms with Gasteiger partial charge in [0.05, 0.1) is 16.1 Å². The van der Waals surface area contributed by atoms with Crippen LogP contribution in [0.4, 0.5) is 5.82 Å². The Morgan fingerprint density at radius 2 is 1.89 bits per heavy atom. The molecule has 0 aliphatic rings. The van der Waals surface area contributed by atoms with E-state index in [0.29, 0.717) is 10.8 Å². The monoisotopic (exact) mass is 289 g/mol.